The van der Waals surface area contributed by atoms with Crippen molar-refractivity contribution < 1.29 is 23.1 Å². The Bertz CT molecular complexity index is 1410. The Labute approximate surface area is 224 Å². The first-order valence-electron chi connectivity index (χ1n) is 11.5. The van der Waals surface area contributed by atoms with Crippen molar-refractivity contribution in [3.63, 3.8) is 0 Å². The van der Waals surface area contributed by atoms with Gasteiger partial charge in [-0.3, -0.25) is 19.2 Å². The van der Waals surface area contributed by atoms with Crippen LogP contribution in [0.15, 0.2) is 51.7 Å². The number of nitrogens with two attached hydrogens (primary N) is 2. The Balaban J connectivity index is 1.64. The summed E-state index contributed by atoms with van der Waals surface area (Å²) in [7, 11) is -2.17. The van der Waals surface area contributed by atoms with Gasteiger partial charge in [-0.15, -0.1) is 11.3 Å². The van der Waals surface area contributed by atoms with E-state index >= 15 is 0 Å². The smallest absolute Gasteiger partial charge is 0.326 e. The van der Waals surface area contributed by atoms with Gasteiger partial charge in [0.2, 0.25) is 0 Å². The lowest BCUT2D eigenvalue weighted by molar-refractivity contribution is -0.139. The van der Waals surface area contributed by atoms with Gasteiger partial charge in [-0.1, -0.05) is 0 Å². The zero-order valence-corrected chi connectivity index (χ0v) is 22.5. The van der Waals surface area contributed by atoms with Crippen LogP contribution in [0.5, 0.6) is 0 Å². The Kier molecular flexibility index (Phi) is 9.30. The van der Waals surface area contributed by atoms with E-state index in [1.807, 2.05) is 20.0 Å². The second kappa shape index (κ2) is 12.4. The highest BCUT2D eigenvalue weighted by Gasteiger charge is 2.24. The van der Waals surface area contributed by atoms with Gasteiger partial charge in [-0.25, -0.2) is 13.2 Å². The number of aliphatic imine (C=N–C) groups is 1. The molecule has 3 rings (SSSR count). The Morgan fingerprint density at radius 3 is 2.53 bits per heavy atom. The van der Waals surface area contributed by atoms with Gasteiger partial charge in [0, 0.05) is 19.3 Å². The number of hydrogen-bond donors (Lipinski definition) is 6. The van der Waals surface area contributed by atoms with E-state index in [-0.39, 0.29) is 34.4 Å². The van der Waals surface area contributed by atoms with E-state index in [1.165, 1.54) is 23.6 Å². The van der Waals surface area contributed by atoms with E-state index in [9.17, 15) is 23.1 Å². The zero-order chi connectivity index (χ0) is 27.9. The molecule has 0 aliphatic carbocycles. The maximum absolute atomic E-state index is 13.0. The predicted molar refractivity (Wildman–Crippen MR) is 146 cm³/mol. The number of thiophene rings is 1. The lowest BCUT2D eigenvalue weighted by Crippen LogP contribution is -2.40. The number of nitrogens with one attached hydrogen (secondary N) is 3. The molecule has 2 heterocycles. The summed E-state index contributed by atoms with van der Waals surface area (Å²) in [4.78, 5) is 28.2. The molecule has 0 radical (unpaired) electrons. The largest absolute Gasteiger partial charge is 0.480 e. The van der Waals surface area contributed by atoms with Crippen LogP contribution in [0.3, 0.4) is 0 Å². The van der Waals surface area contributed by atoms with Crippen molar-refractivity contribution in [2.75, 3.05) is 16.6 Å². The number of rotatable bonds is 13. The fourth-order valence-corrected chi connectivity index (χ4v) is 5.42. The van der Waals surface area contributed by atoms with Gasteiger partial charge >= 0.3 is 5.97 Å². The number of aliphatic carboxylic acids is 1. The van der Waals surface area contributed by atoms with Gasteiger partial charge < -0.3 is 27.2 Å². The number of sulfonamides is 1. The van der Waals surface area contributed by atoms with Crippen LogP contribution >= 0.6 is 11.3 Å². The molecule has 0 bridgehead atoms. The zero-order valence-electron chi connectivity index (χ0n) is 20.8. The van der Waals surface area contributed by atoms with E-state index in [0.29, 0.717) is 13.0 Å². The second-order valence-electron chi connectivity index (χ2n) is 8.36. The van der Waals surface area contributed by atoms with Crippen molar-refractivity contribution in [2.24, 2.45) is 23.5 Å². The molecule has 0 saturated carbocycles. The van der Waals surface area contributed by atoms with E-state index < -0.39 is 27.9 Å². The number of nitrogens with zero attached hydrogens (tertiary/aromatic N) is 3. The molecule has 3 aromatic rings. The number of amides is 1. The monoisotopic (exact) mass is 562 g/mol. The van der Waals surface area contributed by atoms with Gasteiger partial charge in [0.05, 0.1) is 28.5 Å². The highest BCUT2D eigenvalue weighted by molar-refractivity contribution is 7.92. The van der Waals surface area contributed by atoms with Gasteiger partial charge in [-0.2, -0.15) is 5.10 Å². The Morgan fingerprint density at radius 2 is 1.92 bits per heavy atom. The molecule has 13 nitrogen and oxygen atoms in total. The molecular formula is C23H30N8O5S2. The lowest BCUT2D eigenvalue weighted by Gasteiger charge is -2.15. The molecule has 0 fully saturated rings. The van der Waals surface area contributed by atoms with Gasteiger partial charge in [0.15, 0.2) is 5.96 Å². The summed E-state index contributed by atoms with van der Waals surface area (Å²) in [6.07, 6.45) is 0.413. The molecule has 0 aliphatic heterocycles. The van der Waals surface area contributed by atoms with Gasteiger partial charge in [-0.05, 0) is 61.5 Å². The summed E-state index contributed by atoms with van der Waals surface area (Å²) in [5.41, 5.74) is 13.1. The van der Waals surface area contributed by atoms with Gasteiger partial charge in [0.25, 0.3) is 15.9 Å². The minimum atomic E-state index is -4.02. The van der Waals surface area contributed by atoms with E-state index in [2.05, 4.69) is 25.4 Å². The fourth-order valence-electron chi connectivity index (χ4n) is 3.53. The van der Waals surface area contributed by atoms with Crippen molar-refractivity contribution in [1.82, 2.24) is 15.1 Å². The van der Waals surface area contributed by atoms with E-state index in [0.717, 1.165) is 28.4 Å². The van der Waals surface area contributed by atoms with E-state index in [4.69, 9.17) is 11.5 Å². The number of aromatic nitrogens is 2. The third kappa shape index (κ3) is 7.69. The summed E-state index contributed by atoms with van der Waals surface area (Å²) in [5.74, 6) is -2.05. The minimum absolute atomic E-state index is 0.000120. The van der Waals surface area contributed by atoms with Crippen LogP contribution in [0.2, 0.25) is 0 Å². The third-order valence-corrected chi connectivity index (χ3v) is 7.70. The van der Waals surface area contributed by atoms with Crippen LogP contribution in [-0.4, -0.2) is 53.7 Å². The molecule has 2 aromatic heterocycles. The number of anilines is 2. The number of carboxylic acids is 1. The topological polar surface area (TPSA) is 207 Å². The maximum Gasteiger partial charge on any atom is 0.326 e. The van der Waals surface area contributed by atoms with Crippen LogP contribution in [0, 0.1) is 6.92 Å². The van der Waals surface area contributed by atoms with Gasteiger partial charge in [0.1, 0.15) is 10.9 Å². The molecule has 1 amide bonds. The highest BCUT2D eigenvalue weighted by atomic mass is 32.2. The van der Waals surface area contributed by atoms with Crippen LogP contribution in [0.25, 0.3) is 0 Å². The molecule has 204 valence electrons. The average Bonchev–Trinajstić information content (AvgIpc) is 3.44. The molecule has 1 aromatic carbocycles. The van der Waals surface area contributed by atoms with Crippen LogP contribution in [-0.2, 0) is 28.4 Å². The number of benzene rings is 1. The van der Waals surface area contributed by atoms with Crippen molar-refractivity contribution in [1.29, 1.82) is 0 Å². The van der Waals surface area contributed by atoms with Crippen molar-refractivity contribution in [3.8, 4) is 0 Å². The fraction of sp³-hybridized carbons (Fsp3) is 0.304. The lowest BCUT2D eigenvalue weighted by atomic mass is 10.1. The quantitative estimate of drug-likeness (QED) is 0.101. The SMILES string of the molecule is Cc1cc(CNc2ccc(S(=O)(=O)Nc3ccsc3C(=O)N[C@@H](CCCN=C(N)N)C(=O)O)cc2)n(C)n1. The number of carbonyl (C=O) groups excluding carboxylic acids is 1. The first-order valence-corrected chi connectivity index (χ1v) is 13.9. The molecule has 0 spiro atoms. The first-order chi connectivity index (χ1) is 18.0. The first kappa shape index (κ1) is 28.5. The molecule has 38 heavy (non-hydrogen) atoms. The Hall–Kier alpha value is -4.11. The molecule has 0 saturated heterocycles. The summed E-state index contributed by atoms with van der Waals surface area (Å²) in [6, 6.07) is 8.37. The molecular weight excluding hydrogens is 532 g/mol. The summed E-state index contributed by atoms with van der Waals surface area (Å²) < 4.78 is 30.1. The normalized spacial score (nSPS) is 11.9. The molecule has 0 unspecified atom stereocenters. The number of hydrogen-bond acceptors (Lipinski definition) is 8. The summed E-state index contributed by atoms with van der Waals surface area (Å²) in [5, 5.41) is 20.9. The number of carboxylic acid groups (broad SMARTS) is 1. The van der Waals surface area contributed by atoms with Crippen LogP contribution < -0.4 is 26.8 Å². The summed E-state index contributed by atoms with van der Waals surface area (Å²) in [6.45, 7) is 2.63. The number of guanidine groups is 1. The minimum Gasteiger partial charge on any atom is -0.480 e. The maximum atomic E-state index is 13.0. The Morgan fingerprint density at radius 1 is 1.21 bits per heavy atom. The summed E-state index contributed by atoms with van der Waals surface area (Å²) >= 11 is 0.985. The average molecular weight is 563 g/mol. The predicted octanol–water partition coefficient (Wildman–Crippen LogP) is 1.44. The number of aryl methyl sites for hydroxylation is 2. The van der Waals surface area contributed by atoms with Crippen molar-refractivity contribution >= 4 is 50.6 Å². The third-order valence-electron chi connectivity index (χ3n) is 5.40. The van der Waals surface area contributed by atoms with Crippen LogP contribution in [0.1, 0.15) is 33.9 Å². The molecule has 0 aliphatic rings. The highest BCUT2D eigenvalue weighted by Crippen LogP contribution is 2.26. The second-order valence-corrected chi connectivity index (χ2v) is 11.0. The molecule has 1 atom stereocenters. The molecule has 8 N–H and O–H groups in total. The molecule has 15 heteroatoms. The van der Waals surface area contributed by atoms with Crippen molar-refractivity contribution in [3.05, 3.63) is 58.0 Å². The standard InChI is InChI=1S/C23H30N8O5S2/c1-14-12-16(31(2)29-14)13-27-15-5-7-17(8-6-15)38(35,36)30-18-9-11-37-20(18)21(32)28-19(22(33)34)4-3-10-26-23(24)25/h5-9,11-12,19,27,30H,3-4,10,13H2,1-2H3,(H,28,32)(H,33,34)(H4,24,25,26)/t19-/m0/s1. The van der Waals surface area contributed by atoms with Crippen LogP contribution in [0.4, 0.5) is 11.4 Å². The van der Waals surface area contributed by atoms with E-state index in [1.54, 1.807) is 16.8 Å². The number of carbonyl (C=O) groups is 2. The van der Waals surface area contributed by atoms with Crippen molar-refractivity contribution in [2.45, 2.75) is 37.2 Å².